The molecule has 0 radical (unpaired) electrons. The van der Waals surface area contributed by atoms with Crippen LogP contribution in [0.1, 0.15) is 11.1 Å². The van der Waals surface area contributed by atoms with Crippen molar-refractivity contribution in [2.75, 3.05) is 11.9 Å². The molecule has 3 rings (SSSR count). The molecule has 152 valence electrons. The number of anilines is 1. The topological polar surface area (TPSA) is 93.8 Å². The summed E-state index contributed by atoms with van der Waals surface area (Å²) in [6, 6.07) is 18.7. The minimum absolute atomic E-state index is 0.0000464. The Balaban J connectivity index is 1.68. The molecule has 8 heteroatoms. The number of halogens is 1. The number of hydrogen-bond acceptors (Lipinski definition) is 5. The lowest BCUT2D eigenvalue weighted by molar-refractivity contribution is -0.384. The number of nitro benzene ring substituents is 1. The van der Waals surface area contributed by atoms with E-state index >= 15 is 0 Å². The van der Waals surface area contributed by atoms with Gasteiger partial charge in [-0.2, -0.15) is 0 Å². The van der Waals surface area contributed by atoms with Crippen LogP contribution < -0.4 is 10.1 Å². The molecular weight excluding hydrogens is 450 g/mol. The summed E-state index contributed by atoms with van der Waals surface area (Å²) in [7, 11) is 0. The molecule has 0 unspecified atom stereocenters. The van der Waals surface area contributed by atoms with Gasteiger partial charge in [-0.05, 0) is 55.0 Å². The lowest BCUT2D eigenvalue weighted by Gasteiger charge is -2.10. The summed E-state index contributed by atoms with van der Waals surface area (Å²) in [6.45, 7) is 1.79. The highest BCUT2D eigenvalue weighted by Crippen LogP contribution is 2.24. The number of rotatable bonds is 7. The van der Waals surface area contributed by atoms with E-state index in [4.69, 9.17) is 4.74 Å². The van der Waals surface area contributed by atoms with Crippen LogP contribution >= 0.6 is 15.9 Å². The average Bonchev–Trinajstić information content (AvgIpc) is 2.72. The van der Waals surface area contributed by atoms with E-state index in [9.17, 15) is 14.9 Å². The van der Waals surface area contributed by atoms with Crippen molar-refractivity contribution in [3.8, 4) is 5.75 Å². The number of nitrogens with zero attached hydrogens (tertiary/aromatic N) is 2. The van der Waals surface area contributed by atoms with E-state index in [1.54, 1.807) is 30.5 Å². The van der Waals surface area contributed by atoms with Gasteiger partial charge in [0.25, 0.3) is 11.6 Å². The van der Waals surface area contributed by atoms with E-state index < -0.39 is 4.92 Å². The largest absolute Gasteiger partial charge is 0.483 e. The van der Waals surface area contributed by atoms with Crippen LogP contribution in [0.25, 0.3) is 0 Å². The quantitative estimate of drug-likeness (QED) is 0.284. The summed E-state index contributed by atoms with van der Waals surface area (Å²) in [5.41, 5.74) is 2.97. The van der Waals surface area contributed by atoms with Crippen molar-refractivity contribution in [3.63, 3.8) is 0 Å². The number of ether oxygens (including phenoxy) is 1. The maximum Gasteiger partial charge on any atom is 0.269 e. The van der Waals surface area contributed by atoms with Crippen LogP contribution in [0.5, 0.6) is 5.75 Å². The number of amides is 1. The number of non-ortho nitro benzene ring substituents is 1. The highest BCUT2D eigenvalue weighted by atomic mass is 79.9. The summed E-state index contributed by atoms with van der Waals surface area (Å²) in [5, 5.41) is 13.5. The van der Waals surface area contributed by atoms with Gasteiger partial charge >= 0.3 is 0 Å². The summed E-state index contributed by atoms with van der Waals surface area (Å²) in [4.78, 5) is 26.8. The van der Waals surface area contributed by atoms with Crippen molar-refractivity contribution in [1.29, 1.82) is 0 Å². The fraction of sp³-hybridized carbons (Fsp3) is 0.0909. The maximum absolute atomic E-state index is 12.2. The average molecular weight is 468 g/mol. The number of nitrogens with one attached hydrogen (secondary N) is 1. The smallest absolute Gasteiger partial charge is 0.269 e. The molecule has 30 heavy (non-hydrogen) atoms. The van der Waals surface area contributed by atoms with Gasteiger partial charge in [0, 0.05) is 34.1 Å². The Bertz CT molecular complexity index is 1100. The van der Waals surface area contributed by atoms with Crippen LogP contribution in [0.3, 0.4) is 0 Å². The van der Waals surface area contributed by atoms with Crippen LogP contribution in [0.15, 0.2) is 76.2 Å². The minimum atomic E-state index is -0.463. The van der Waals surface area contributed by atoms with E-state index in [-0.39, 0.29) is 18.2 Å². The van der Waals surface area contributed by atoms with Gasteiger partial charge in [-0.25, -0.2) is 0 Å². The first kappa shape index (κ1) is 21.2. The second-order valence-electron chi connectivity index (χ2n) is 6.42. The zero-order valence-electron chi connectivity index (χ0n) is 16.0. The van der Waals surface area contributed by atoms with Crippen molar-refractivity contribution >= 4 is 45.1 Å². The summed E-state index contributed by atoms with van der Waals surface area (Å²) >= 11 is 3.41. The molecule has 0 aliphatic carbocycles. The van der Waals surface area contributed by atoms with Gasteiger partial charge in [0.05, 0.1) is 10.6 Å². The zero-order chi connectivity index (χ0) is 21.5. The van der Waals surface area contributed by atoms with Gasteiger partial charge in [0.2, 0.25) is 0 Å². The zero-order valence-corrected chi connectivity index (χ0v) is 17.6. The van der Waals surface area contributed by atoms with Gasteiger partial charge in [0.1, 0.15) is 5.75 Å². The standard InChI is InChI=1S/C22H18BrN3O4/c1-15-3-2-4-19(11-15)25-22(27)14-30-21-10-5-17(23)12-16(21)13-24-18-6-8-20(9-7-18)26(28)29/h2-13H,14H2,1H3,(H,25,27). The normalized spacial score (nSPS) is 10.7. The van der Waals surface area contributed by atoms with Crippen LogP contribution in [0.4, 0.5) is 17.1 Å². The van der Waals surface area contributed by atoms with E-state index in [1.165, 1.54) is 12.1 Å². The van der Waals surface area contributed by atoms with Gasteiger partial charge < -0.3 is 10.1 Å². The second kappa shape index (κ2) is 9.80. The minimum Gasteiger partial charge on any atom is -0.483 e. The van der Waals surface area contributed by atoms with Gasteiger partial charge in [-0.1, -0.05) is 28.1 Å². The third kappa shape index (κ3) is 5.99. The van der Waals surface area contributed by atoms with Crippen LogP contribution in [-0.4, -0.2) is 23.7 Å². The third-order valence-corrected chi connectivity index (χ3v) is 4.54. The van der Waals surface area contributed by atoms with Crippen molar-refractivity contribution < 1.29 is 14.5 Å². The van der Waals surface area contributed by atoms with Gasteiger partial charge in [0.15, 0.2) is 6.61 Å². The molecule has 1 amide bonds. The molecule has 0 aliphatic heterocycles. The van der Waals surface area contributed by atoms with Crippen molar-refractivity contribution in [1.82, 2.24) is 0 Å². The van der Waals surface area contributed by atoms with Crippen molar-refractivity contribution in [2.45, 2.75) is 6.92 Å². The fourth-order valence-electron chi connectivity index (χ4n) is 2.62. The number of nitro groups is 1. The fourth-order valence-corrected chi connectivity index (χ4v) is 3.00. The second-order valence-corrected chi connectivity index (χ2v) is 7.34. The van der Waals surface area contributed by atoms with Gasteiger partial charge in [-0.3, -0.25) is 19.9 Å². The Labute approximate surface area is 181 Å². The summed E-state index contributed by atoms with van der Waals surface area (Å²) in [5.74, 6) is 0.213. The highest BCUT2D eigenvalue weighted by molar-refractivity contribution is 9.10. The molecule has 0 bridgehead atoms. The Hall–Kier alpha value is -3.52. The van der Waals surface area contributed by atoms with Crippen LogP contribution in [0.2, 0.25) is 0 Å². The molecule has 0 fully saturated rings. The van der Waals surface area contributed by atoms with E-state index in [2.05, 4.69) is 26.2 Å². The number of benzene rings is 3. The molecule has 1 N–H and O–H groups in total. The monoisotopic (exact) mass is 467 g/mol. The van der Waals surface area contributed by atoms with E-state index in [0.717, 1.165) is 10.0 Å². The number of carbonyl (C=O) groups is 1. The third-order valence-electron chi connectivity index (χ3n) is 4.05. The number of carbonyl (C=O) groups excluding carboxylic acids is 1. The summed E-state index contributed by atoms with van der Waals surface area (Å²) in [6.07, 6.45) is 1.58. The van der Waals surface area contributed by atoms with E-state index in [1.807, 2.05) is 37.3 Å². The predicted octanol–water partition coefficient (Wildman–Crippen LogP) is 5.43. The Morgan fingerprint density at radius 2 is 1.93 bits per heavy atom. The van der Waals surface area contributed by atoms with Gasteiger partial charge in [-0.15, -0.1) is 0 Å². The molecule has 0 saturated carbocycles. The number of aliphatic imine (C=N–C) groups is 1. The number of hydrogen-bond donors (Lipinski definition) is 1. The number of aryl methyl sites for hydroxylation is 1. The predicted molar refractivity (Wildman–Crippen MR) is 120 cm³/mol. The molecule has 0 atom stereocenters. The Morgan fingerprint density at radius 1 is 1.17 bits per heavy atom. The van der Waals surface area contributed by atoms with E-state index in [0.29, 0.717) is 22.7 Å². The molecule has 0 aromatic heterocycles. The Kier molecular flexibility index (Phi) is 6.92. The molecule has 3 aromatic carbocycles. The van der Waals surface area contributed by atoms with Crippen molar-refractivity contribution in [2.24, 2.45) is 4.99 Å². The SMILES string of the molecule is Cc1cccc(NC(=O)COc2ccc(Br)cc2C=Nc2ccc([N+](=O)[O-])cc2)c1. The van der Waals surface area contributed by atoms with Crippen LogP contribution in [-0.2, 0) is 4.79 Å². The highest BCUT2D eigenvalue weighted by Gasteiger charge is 2.08. The molecule has 0 heterocycles. The first-order chi connectivity index (χ1) is 14.4. The van der Waals surface area contributed by atoms with Crippen molar-refractivity contribution in [3.05, 3.63) is 92.4 Å². The molecule has 3 aromatic rings. The summed E-state index contributed by atoms with van der Waals surface area (Å²) < 4.78 is 6.51. The lowest BCUT2D eigenvalue weighted by Crippen LogP contribution is -2.20. The first-order valence-corrected chi connectivity index (χ1v) is 9.77. The molecule has 7 nitrogen and oxygen atoms in total. The molecule has 0 aliphatic rings. The van der Waals surface area contributed by atoms with Crippen LogP contribution in [0, 0.1) is 17.0 Å². The molecule has 0 spiro atoms. The molecule has 0 saturated heterocycles. The Morgan fingerprint density at radius 3 is 2.63 bits per heavy atom. The maximum atomic E-state index is 12.2. The molecular formula is C22H18BrN3O4. The lowest BCUT2D eigenvalue weighted by atomic mass is 10.2. The first-order valence-electron chi connectivity index (χ1n) is 8.98.